The van der Waals surface area contributed by atoms with Crippen molar-refractivity contribution in [2.75, 3.05) is 33.5 Å². The van der Waals surface area contributed by atoms with Crippen LogP contribution >= 0.6 is 15.9 Å². The van der Waals surface area contributed by atoms with E-state index in [0.29, 0.717) is 47.2 Å². The molecule has 0 bridgehead atoms. The standard InChI is InChI=1S/C18H28BrNO4/c1-5-8-24-17-15(19)10-14(11-16(17)22-4)18(21)20-7-6-9-23-12-13(2)3/h10-11,13H,5-9,12H2,1-4H3,(H,20,21). The number of benzene rings is 1. The maximum Gasteiger partial charge on any atom is 0.251 e. The molecular weight excluding hydrogens is 374 g/mol. The van der Waals surface area contributed by atoms with Crippen LogP contribution in [-0.2, 0) is 4.74 Å². The molecular formula is C18H28BrNO4. The lowest BCUT2D eigenvalue weighted by Crippen LogP contribution is -2.25. The highest BCUT2D eigenvalue weighted by atomic mass is 79.9. The molecule has 24 heavy (non-hydrogen) atoms. The van der Waals surface area contributed by atoms with Crippen LogP contribution < -0.4 is 14.8 Å². The second-order valence-electron chi connectivity index (χ2n) is 5.92. The molecule has 0 saturated carbocycles. The minimum Gasteiger partial charge on any atom is -0.493 e. The Labute approximate surface area is 153 Å². The van der Waals surface area contributed by atoms with Crippen LogP contribution in [0.15, 0.2) is 16.6 Å². The summed E-state index contributed by atoms with van der Waals surface area (Å²) < 4.78 is 17.2. The van der Waals surface area contributed by atoms with Gasteiger partial charge in [0.05, 0.1) is 18.2 Å². The number of halogens is 1. The lowest BCUT2D eigenvalue weighted by molar-refractivity contribution is 0.0924. The number of carbonyl (C=O) groups excluding carboxylic acids is 1. The van der Waals surface area contributed by atoms with Crippen LogP contribution in [0.3, 0.4) is 0 Å². The third-order valence-electron chi connectivity index (χ3n) is 3.14. The molecule has 1 amide bonds. The predicted molar refractivity (Wildman–Crippen MR) is 99.1 cm³/mol. The van der Waals surface area contributed by atoms with E-state index >= 15 is 0 Å². The summed E-state index contributed by atoms with van der Waals surface area (Å²) in [5.74, 6) is 1.55. The van der Waals surface area contributed by atoms with Gasteiger partial charge in [-0.3, -0.25) is 4.79 Å². The van der Waals surface area contributed by atoms with E-state index in [2.05, 4.69) is 35.1 Å². The SMILES string of the molecule is CCCOc1c(Br)cc(C(=O)NCCCOCC(C)C)cc1OC. The molecule has 0 fully saturated rings. The van der Waals surface area contributed by atoms with Gasteiger partial charge in [0.15, 0.2) is 11.5 Å². The Bertz CT molecular complexity index is 520. The molecule has 0 aliphatic heterocycles. The third kappa shape index (κ3) is 7.09. The number of amides is 1. The van der Waals surface area contributed by atoms with Crippen molar-refractivity contribution in [3.8, 4) is 11.5 Å². The van der Waals surface area contributed by atoms with Crippen LogP contribution in [0, 0.1) is 5.92 Å². The normalized spacial score (nSPS) is 10.8. The number of carbonyl (C=O) groups is 1. The largest absolute Gasteiger partial charge is 0.493 e. The fourth-order valence-electron chi connectivity index (χ4n) is 1.99. The van der Waals surface area contributed by atoms with Gasteiger partial charge in [-0.2, -0.15) is 0 Å². The Kier molecular flexibility index (Phi) is 9.79. The highest BCUT2D eigenvalue weighted by molar-refractivity contribution is 9.10. The van der Waals surface area contributed by atoms with Gasteiger partial charge in [0.25, 0.3) is 5.91 Å². The average molecular weight is 402 g/mol. The van der Waals surface area contributed by atoms with E-state index in [0.717, 1.165) is 19.4 Å². The zero-order valence-corrected chi connectivity index (χ0v) is 16.6. The van der Waals surface area contributed by atoms with Crippen LogP contribution in [-0.4, -0.2) is 39.4 Å². The quantitative estimate of drug-likeness (QED) is 0.568. The van der Waals surface area contributed by atoms with Crippen molar-refractivity contribution in [1.29, 1.82) is 0 Å². The van der Waals surface area contributed by atoms with Crippen LogP contribution in [0.2, 0.25) is 0 Å². The fraction of sp³-hybridized carbons (Fsp3) is 0.611. The van der Waals surface area contributed by atoms with E-state index < -0.39 is 0 Å². The van der Waals surface area contributed by atoms with Crippen molar-refractivity contribution < 1.29 is 19.0 Å². The summed E-state index contributed by atoms with van der Waals surface area (Å²) in [5, 5.41) is 2.89. The van der Waals surface area contributed by atoms with Gasteiger partial charge >= 0.3 is 0 Å². The lowest BCUT2D eigenvalue weighted by atomic mass is 10.2. The van der Waals surface area contributed by atoms with Crippen molar-refractivity contribution in [3.05, 3.63) is 22.2 Å². The Hall–Kier alpha value is -1.27. The van der Waals surface area contributed by atoms with Crippen molar-refractivity contribution in [3.63, 3.8) is 0 Å². The molecule has 0 unspecified atom stereocenters. The molecule has 0 atom stereocenters. The third-order valence-corrected chi connectivity index (χ3v) is 3.73. The van der Waals surface area contributed by atoms with Crippen LogP contribution in [0.5, 0.6) is 11.5 Å². The van der Waals surface area contributed by atoms with Gasteiger partial charge in [0, 0.05) is 25.3 Å². The summed E-state index contributed by atoms with van der Waals surface area (Å²) in [6, 6.07) is 3.44. The van der Waals surface area contributed by atoms with E-state index in [1.54, 1.807) is 19.2 Å². The molecule has 0 aliphatic carbocycles. The molecule has 0 aromatic heterocycles. The Balaban J connectivity index is 2.56. The second-order valence-corrected chi connectivity index (χ2v) is 6.77. The smallest absolute Gasteiger partial charge is 0.251 e. The number of ether oxygens (including phenoxy) is 3. The molecule has 0 radical (unpaired) electrons. The lowest BCUT2D eigenvalue weighted by Gasteiger charge is -2.14. The maximum atomic E-state index is 12.3. The highest BCUT2D eigenvalue weighted by Gasteiger charge is 2.15. The zero-order chi connectivity index (χ0) is 17.9. The molecule has 5 nitrogen and oxygen atoms in total. The van der Waals surface area contributed by atoms with E-state index in [1.165, 1.54) is 0 Å². The van der Waals surface area contributed by atoms with Gasteiger partial charge in [0.1, 0.15) is 0 Å². The monoisotopic (exact) mass is 401 g/mol. The van der Waals surface area contributed by atoms with Crippen LogP contribution in [0.1, 0.15) is 44.0 Å². The van der Waals surface area contributed by atoms with E-state index in [-0.39, 0.29) is 5.91 Å². The first-order valence-corrected chi connectivity index (χ1v) is 9.15. The first-order valence-electron chi connectivity index (χ1n) is 8.35. The molecule has 1 rings (SSSR count). The number of rotatable bonds is 11. The summed E-state index contributed by atoms with van der Waals surface area (Å²) in [5.41, 5.74) is 0.533. The minimum atomic E-state index is -0.139. The van der Waals surface area contributed by atoms with Gasteiger partial charge in [-0.15, -0.1) is 0 Å². The molecule has 1 aromatic rings. The summed E-state index contributed by atoms with van der Waals surface area (Å²) >= 11 is 3.45. The minimum absolute atomic E-state index is 0.139. The number of methoxy groups -OCH3 is 1. The first kappa shape index (κ1) is 20.8. The molecule has 0 spiro atoms. The van der Waals surface area contributed by atoms with Crippen LogP contribution in [0.4, 0.5) is 0 Å². The van der Waals surface area contributed by atoms with Crippen molar-refractivity contribution in [2.45, 2.75) is 33.6 Å². The summed E-state index contributed by atoms with van der Waals surface area (Å²) in [4.78, 5) is 12.3. The predicted octanol–water partition coefficient (Wildman–Crippen LogP) is 4.04. The van der Waals surface area contributed by atoms with Gasteiger partial charge in [-0.05, 0) is 46.8 Å². The molecule has 6 heteroatoms. The van der Waals surface area contributed by atoms with Crippen LogP contribution in [0.25, 0.3) is 0 Å². The first-order chi connectivity index (χ1) is 11.5. The molecule has 136 valence electrons. The Morgan fingerprint density at radius 3 is 2.67 bits per heavy atom. The molecule has 0 aliphatic rings. The number of nitrogens with one attached hydrogen (secondary N) is 1. The Morgan fingerprint density at radius 1 is 1.29 bits per heavy atom. The van der Waals surface area contributed by atoms with Gasteiger partial charge in [0.2, 0.25) is 0 Å². The maximum absolute atomic E-state index is 12.3. The summed E-state index contributed by atoms with van der Waals surface area (Å²) in [7, 11) is 1.56. The van der Waals surface area contributed by atoms with Crippen molar-refractivity contribution >= 4 is 21.8 Å². The Morgan fingerprint density at radius 2 is 2.04 bits per heavy atom. The highest BCUT2D eigenvalue weighted by Crippen LogP contribution is 2.36. The van der Waals surface area contributed by atoms with Crippen molar-refractivity contribution in [2.24, 2.45) is 5.92 Å². The second kappa shape index (κ2) is 11.3. The fourth-order valence-corrected chi connectivity index (χ4v) is 2.55. The zero-order valence-electron chi connectivity index (χ0n) is 15.0. The van der Waals surface area contributed by atoms with Gasteiger partial charge in [-0.1, -0.05) is 20.8 Å². The van der Waals surface area contributed by atoms with E-state index in [1.807, 2.05) is 6.92 Å². The van der Waals surface area contributed by atoms with E-state index in [4.69, 9.17) is 14.2 Å². The summed E-state index contributed by atoms with van der Waals surface area (Å²) in [6.07, 6.45) is 1.69. The van der Waals surface area contributed by atoms with Gasteiger partial charge < -0.3 is 19.5 Å². The van der Waals surface area contributed by atoms with Gasteiger partial charge in [-0.25, -0.2) is 0 Å². The van der Waals surface area contributed by atoms with Crippen molar-refractivity contribution in [1.82, 2.24) is 5.32 Å². The van der Waals surface area contributed by atoms with E-state index in [9.17, 15) is 4.79 Å². The molecule has 1 aromatic carbocycles. The molecule has 1 N–H and O–H groups in total. The topological polar surface area (TPSA) is 56.8 Å². The molecule has 0 heterocycles. The average Bonchev–Trinajstić information content (AvgIpc) is 2.55. The number of hydrogen-bond acceptors (Lipinski definition) is 4. The number of hydrogen-bond donors (Lipinski definition) is 1. The molecule has 0 saturated heterocycles. The summed E-state index contributed by atoms with van der Waals surface area (Å²) in [6.45, 7) is 8.82.